The number of rotatable bonds is 4. The molecular weight excluding hydrogens is 470 g/mol. The summed E-state index contributed by atoms with van der Waals surface area (Å²) in [4.78, 5) is 2.21. The average molecular weight is 496 g/mol. The van der Waals surface area contributed by atoms with E-state index >= 15 is 0 Å². The largest absolute Gasteiger partial charge is 0.462 e. The van der Waals surface area contributed by atoms with Crippen LogP contribution < -0.4 is 9.64 Å². The maximum absolute atomic E-state index is 9.28. The minimum Gasteiger partial charge on any atom is -0.462 e. The minimum atomic E-state index is 0.0342. The van der Waals surface area contributed by atoms with Crippen LogP contribution >= 0.6 is 0 Å². The Balaban J connectivity index is 1.54. The number of allylic oxidation sites excluding steroid dienone is 8. The highest BCUT2D eigenvalue weighted by molar-refractivity contribution is 5.81. The lowest BCUT2D eigenvalue weighted by atomic mass is 10.0. The normalized spacial score (nSPS) is 15.0. The zero-order valence-electron chi connectivity index (χ0n) is 21.4. The topological polar surface area (TPSA) is 69.3 Å². The molecule has 0 N–H and O–H groups in total. The first kappa shape index (κ1) is 24.4. The second-order valence-corrected chi connectivity index (χ2v) is 9.12. The van der Waals surface area contributed by atoms with Crippen LogP contribution in [0.1, 0.15) is 25.0 Å². The van der Waals surface area contributed by atoms with Crippen LogP contribution in [0.5, 0.6) is 5.75 Å². The van der Waals surface area contributed by atoms with Crippen LogP contribution in [0, 0.1) is 29.6 Å². The maximum Gasteiger partial charge on any atom is 0.137 e. The van der Waals surface area contributed by atoms with Crippen molar-refractivity contribution >= 4 is 22.6 Å². The van der Waals surface area contributed by atoms with Gasteiger partial charge in [0.1, 0.15) is 40.7 Å². The zero-order chi connectivity index (χ0) is 26.6. The lowest BCUT2D eigenvalue weighted by molar-refractivity contribution is 0.313. The van der Waals surface area contributed by atoms with Crippen LogP contribution in [0.25, 0.3) is 5.57 Å². The molecule has 0 amide bonds. The van der Waals surface area contributed by atoms with Crippen molar-refractivity contribution in [3.63, 3.8) is 0 Å². The smallest absolute Gasteiger partial charge is 0.137 e. The summed E-state index contributed by atoms with van der Waals surface area (Å²) in [5, 5.41) is 18.6. The second kappa shape index (κ2) is 10.4. The monoisotopic (exact) mass is 495 g/mol. The predicted octanol–water partition coefficient (Wildman–Crippen LogP) is 8.31. The van der Waals surface area contributed by atoms with Crippen molar-refractivity contribution in [1.29, 1.82) is 10.5 Å². The average Bonchev–Trinajstić information content (AvgIpc) is 2.90. The van der Waals surface area contributed by atoms with Crippen LogP contribution in [-0.4, -0.2) is 0 Å². The molecule has 0 fully saturated rings. The first-order valence-electron chi connectivity index (χ1n) is 12.2. The maximum atomic E-state index is 9.28. The Morgan fingerprint density at radius 3 is 2.24 bits per heavy atom. The molecule has 0 aromatic heterocycles. The summed E-state index contributed by atoms with van der Waals surface area (Å²) in [6.07, 6.45) is 7.08. The molecule has 184 valence electrons. The third-order valence-electron chi connectivity index (χ3n) is 6.24. The molecule has 2 aliphatic rings. The molecule has 2 heterocycles. The highest BCUT2D eigenvalue weighted by Crippen LogP contribution is 2.41. The minimum absolute atomic E-state index is 0.0342. The van der Waals surface area contributed by atoms with Gasteiger partial charge < -0.3 is 14.4 Å². The molecule has 0 unspecified atom stereocenters. The standard InChI is InChI=1S/C33H25N3O2/c1-22-8-7-11-28(14-22)36(27-9-5-4-6-10-27)29-12-13-32-23(2)15-30(38-33(32)18-29)19-31-17-25(16-24(3)37-31)26(20-34)21-35/h4-19H,1-3H3. The van der Waals surface area contributed by atoms with E-state index in [0.717, 1.165) is 33.9 Å². The fourth-order valence-corrected chi connectivity index (χ4v) is 4.54. The van der Waals surface area contributed by atoms with E-state index < -0.39 is 0 Å². The van der Waals surface area contributed by atoms with Gasteiger partial charge in [0.2, 0.25) is 0 Å². The van der Waals surface area contributed by atoms with Gasteiger partial charge in [0.15, 0.2) is 0 Å². The lowest BCUT2D eigenvalue weighted by Gasteiger charge is -2.27. The Labute approximate surface area is 222 Å². The van der Waals surface area contributed by atoms with E-state index in [-0.39, 0.29) is 5.57 Å². The summed E-state index contributed by atoms with van der Waals surface area (Å²) in [5.74, 6) is 2.42. The quantitative estimate of drug-likeness (QED) is 0.341. The molecule has 2 aliphatic heterocycles. The van der Waals surface area contributed by atoms with Gasteiger partial charge in [-0.1, -0.05) is 30.3 Å². The second-order valence-electron chi connectivity index (χ2n) is 9.12. The number of anilines is 3. The van der Waals surface area contributed by atoms with Crippen molar-refractivity contribution in [2.75, 3.05) is 4.90 Å². The number of ether oxygens (including phenoxy) is 2. The Morgan fingerprint density at radius 1 is 0.763 bits per heavy atom. The highest BCUT2D eigenvalue weighted by atomic mass is 16.5. The molecule has 0 radical (unpaired) electrons. The van der Waals surface area contributed by atoms with Crippen molar-refractivity contribution in [3.8, 4) is 17.9 Å². The van der Waals surface area contributed by atoms with E-state index in [2.05, 4.69) is 60.4 Å². The van der Waals surface area contributed by atoms with E-state index in [0.29, 0.717) is 22.9 Å². The SMILES string of the molecule is CC1=CC(=C(C#N)C#N)C=C(C=C2C=C(C)c3ccc(N(c4ccccc4)c4cccc(C)c4)cc3O2)O1. The van der Waals surface area contributed by atoms with Crippen LogP contribution in [0.4, 0.5) is 17.1 Å². The van der Waals surface area contributed by atoms with Gasteiger partial charge in [-0.3, -0.25) is 0 Å². The van der Waals surface area contributed by atoms with E-state index in [1.165, 1.54) is 5.56 Å². The number of nitriles is 2. The van der Waals surface area contributed by atoms with Crippen molar-refractivity contribution in [3.05, 3.63) is 137 Å². The van der Waals surface area contributed by atoms with E-state index in [9.17, 15) is 10.5 Å². The molecule has 0 saturated heterocycles. The van der Waals surface area contributed by atoms with Gasteiger partial charge in [-0.15, -0.1) is 0 Å². The molecule has 0 spiro atoms. The van der Waals surface area contributed by atoms with Gasteiger partial charge in [0, 0.05) is 40.3 Å². The van der Waals surface area contributed by atoms with Gasteiger partial charge in [-0.05, 0) is 86.5 Å². The molecule has 5 rings (SSSR count). The Bertz CT molecular complexity index is 1640. The molecular formula is C33H25N3O2. The van der Waals surface area contributed by atoms with Gasteiger partial charge in [-0.25, -0.2) is 0 Å². The molecule has 0 aliphatic carbocycles. The lowest BCUT2D eigenvalue weighted by Crippen LogP contribution is -2.11. The van der Waals surface area contributed by atoms with E-state index in [1.54, 1.807) is 25.2 Å². The molecule has 0 atom stereocenters. The Hall–Kier alpha value is -5.26. The number of aryl methyl sites for hydroxylation is 1. The number of hydrogen-bond donors (Lipinski definition) is 0. The molecule has 5 heteroatoms. The Morgan fingerprint density at radius 2 is 1.50 bits per heavy atom. The van der Waals surface area contributed by atoms with Crippen LogP contribution in [0.2, 0.25) is 0 Å². The molecule has 3 aromatic carbocycles. The summed E-state index contributed by atoms with van der Waals surface area (Å²) in [6.45, 7) is 5.91. The first-order chi connectivity index (χ1) is 18.4. The number of para-hydroxylation sites is 1. The van der Waals surface area contributed by atoms with Crippen molar-refractivity contribution in [1.82, 2.24) is 0 Å². The number of hydrogen-bond acceptors (Lipinski definition) is 5. The van der Waals surface area contributed by atoms with Gasteiger partial charge in [0.25, 0.3) is 0 Å². The summed E-state index contributed by atoms with van der Waals surface area (Å²) in [7, 11) is 0. The fraction of sp³-hybridized carbons (Fsp3) is 0.0909. The van der Waals surface area contributed by atoms with Gasteiger partial charge in [0.05, 0.1) is 0 Å². The van der Waals surface area contributed by atoms with Crippen molar-refractivity contribution in [2.45, 2.75) is 20.8 Å². The molecule has 0 saturated carbocycles. The van der Waals surface area contributed by atoms with Crippen molar-refractivity contribution < 1.29 is 9.47 Å². The van der Waals surface area contributed by atoms with Gasteiger partial charge in [-0.2, -0.15) is 10.5 Å². The molecule has 38 heavy (non-hydrogen) atoms. The third-order valence-corrected chi connectivity index (χ3v) is 6.24. The summed E-state index contributed by atoms with van der Waals surface area (Å²) < 4.78 is 12.2. The first-order valence-corrected chi connectivity index (χ1v) is 12.2. The summed E-state index contributed by atoms with van der Waals surface area (Å²) in [6, 6.07) is 28.8. The third kappa shape index (κ3) is 5.00. The molecule has 3 aromatic rings. The van der Waals surface area contributed by atoms with E-state index in [1.807, 2.05) is 49.4 Å². The molecule has 5 nitrogen and oxygen atoms in total. The van der Waals surface area contributed by atoms with Gasteiger partial charge >= 0.3 is 0 Å². The van der Waals surface area contributed by atoms with Crippen LogP contribution in [0.15, 0.2) is 126 Å². The van der Waals surface area contributed by atoms with Crippen LogP contribution in [0.3, 0.4) is 0 Å². The highest BCUT2D eigenvalue weighted by Gasteiger charge is 2.20. The number of fused-ring (bicyclic) bond motifs is 1. The number of benzene rings is 3. The fourth-order valence-electron chi connectivity index (χ4n) is 4.54. The predicted molar refractivity (Wildman–Crippen MR) is 149 cm³/mol. The molecule has 0 bridgehead atoms. The van der Waals surface area contributed by atoms with Crippen LogP contribution in [-0.2, 0) is 4.74 Å². The van der Waals surface area contributed by atoms with E-state index in [4.69, 9.17) is 9.47 Å². The Kier molecular flexibility index (Phi) is 6.68. The number of nitrogens with zero attached hydrogens (tertiary/aromatic N) is 3. The summed E-state index contributed by atoms with van der Waals surface area (Å²) in [5.41, 5.74) is 6.87. The summed E-state index contributed by atoms with van der Waals surface area (Å²) >= 11 is 0. The van der Waals surface area contributed by atoms with Crippen molar-refractivity contribution in [2.24, 2.45) is 0 Å². The zero-order valence-corrected chi connectivity index (χ0v) is 21.4.